The highest BCUT2D eigenvalue weighted by atomic mass is 79.9. The van der Waals surface area contributed by atoms with E-state index in [9.17, 15) is 4.39 Å². The minimum atomic E-state index is -0.286. The van der Waals surface area contributed by atoms with Gasteiger partial charge in [-0.3, -0.25) is 0 Å². The molecule has 2 rings (SSSR count). The predicted octanol–water partition coefficient (Wildman–Crippen LogP) is 5.04. The molecule has 0 aromatic heterocycles. The molecule has 0 saturated heterocycles. The van der Waals surface area contributed by atoms with Crippen molar-refractivity contribution in [3.63, 3.8) is 0 Å². The zero-order chi connectivity index (χ0) is 15.4. The summed E-state index contributed by atoms with van der Waals surface area (Å²) in [4.78, 5) is 0. The zero-order valence-corrected chi connectivity index (χ0v) is 14.4. The predicted molar refractivity (Wildman–Crippen MR) is 93.3 cm³/mol. The fraction of sp³-hybridized carbons (Fsp3) is 0.133. The SMILES string of the molecule is Cc1ccc(NC(=S)NCc2ccc(F)c(Br)c2)c(Cl)c1. The maximum Gasteiger partial charge on any atom is 0.171 e. The van der Waals surface area contributed by atoms with E-state index in [0.717, 1.165) is 16.8 Å². The molecule has 0 fully saturated rings. The maximum atomic E-state index is 13.1. The first kappa shape index (κ1) is 16.2. The van der Waals surface area contributed by atoms with Crippen LogP contribution in [0.2, 0.25) is 5.02 Å². The first-order valence-electron chi connectivity index (χ1n) is 6.20. The second-order valence-corrected chi connectivity index (χ2v) is 6.21. The molecule has 0 aliphatic rings. The smallest absolute Gasteiger partial charge is 0.171 e. The Morgan fingerprint density at radius 3 is 2.71 bits per heavy atom. The second kappa shape index (κ2) is 7.20. The number of rotatable bonds is 3. The van der Waals surface area contributed by atoms with Crippen molar-refractivity contribution in [3.05, 3.63) is 62.8 Å². The van der Waals surface area contributed by atoms with Gasteiger partial charge in [-0.25, -0.2) is 4.39 Å². The molecule has 0 spiro atoms. The number of aryl methyl sites for hydroxylation is 1. The fourth-order valence-corrected chi connectivity index (χ4v) is 2.61. The lowest BCUT2D eigenvalue weighted by Gasteiger charge is -2.12. The van der Waals surface area contributed by atoms with E-state index in [-0.39, 0.29) is 5.82 Å². The Balaban J connectivity index is 1.94. The summed E-state index contributed by atoms with van der Waals surface area (Å²) in [7, 11) is 0. The van der Waals surface area contributed by atoms with Gasteiger partial charge in [-0.2, -0.15) is 0 Å². The van der Waals surface area contributed by atoms with E-state index in [0.29, 0.717) is 21.2 Å². The Kier molecular flexibility index (Phi) is 5.56. The lowest BCUT2D eigenvalue weighted by molar-refractivity contribution is 0.620. The van der Waals surface area contributed by atoms with Gasteiger partial charge in [-0.05, 0) is 70.5 Å². The molecule has 0 heterocycles. The van der Waals surface area contributed by atoms with Crippen LogP contribution in [-0.2, 0) is 6.54 Å². The summed E-state index contributed by atoms with van der Waals surface area (Å²) >= 11 is 14.5. The third-order valence-corrected chi connectivity index (χ3v) is 3.98. The van der Waals surface area contributed by atoms with Crippen LogP contribution in [0.3, 0.4) is 0 Å². The largest absolute Gasteiger partial charge is 0.358 e. The van der Waals surface area contributed by atoms with E-state index >= 15 is 0 Å². The summed E-state index contributed by atoms with van der Waals surface area (Å²) in [6.07, 6.45) is 0. The fourth-order valence-electron chi connectivity index (χ4n) is 1.72. The number of nitrogens with one attached hydrogen (secondary N) is 2. The van der Waals surface area contributed by atoms with Gasteiger partial charge >= 0.3 is 0 Å². The molecule has 2 aromatic rings. The highest BCUT2D eigenvalue weighted by Crippen LogP contribution is 2.22. The maximum absolute atomic E-state index is 13.1. The Labute approximate surface area is 141 Å². The molecule has 0 unspecified atom stereocenters. The summed E-state index contributed by atoms with van der Waals surface area (Å²) in [5, 5.41) is 7.16. The number of hydrogen-bond acceptors (Lipinski definition) is 1. The summed E-state index contributed by atoms with van der Waals surface area (Å²) in [5.41, 5.74) is 2.75. The van der Waals surface area contributed by atoms with Crippen molar-refractivity contribution in [2.75, 3.05) is 5.32 Å². The van der Waals surface area contributed by atoms with Crippen molar-refractivity contribution in [2.24, 2.45) is 0 Å². The summed E-state index contributed by atoms with van der Waals surface area (Å²) in [6.45, 7) is 2.47. The first-order chi connectivity index (χ1) is 9.95. The quantitative estimate of drug-likeness (QED) is 0.722. The highest BCUT2D eigenvalue weighted by Gasteiger charge is 2.04. The van der Waals surface area contributed by atoms with Gasteiger partial charge in [0.1, 0.15) is 5.82 Å². The molecule has 0 saturated carbocycles. The Morgan fingerprint density at radius 2 is 2.05 bits per heavy atom. The topological polar surface area (TPSA) is 24.1 Å². The van der Waals surface area contributed by atoms with Gasteiger partial charge in [0.15, 0.2) is 5.11 Å². The molecular weight excluding hydrogens is 375 g/mol. The van der Waals surface area contributed by atoms with Crippen LogP contribution >= 0.6 is 39.7 Å². The Bertz CT molecular complexity index is 679. The van der Waals surface area contributed by atoms with E-state index in [4.69, 9.17) is 23.8 Å². The third-order valence-electron chi connectivity index (χ3n) is 2.81. The molecule has 0 radical (unpaired) electrons. The number of hydrogen-bond donors (Lipinski definition) is 2. The lowest BCUT2D eigenvalue weighted by atomic mass is 10.2. The summed E-state index contributed by atoms with van der Waals surface area (Å²) in [5.74, 6) is -0.286. The van der Waals surface area contributed by atoms with Crippen molar-refractivity contribution in [1.29, 1.82) is 0 Å². The number of thiocarbonyl (C=S) groups is 1. The number of benzene rings is 2. The number of halogens is 3. The minimum Gasteiger partial charge on any atom is -0.358 e. The van der Waals surface area contributed by atoms with Crippen molar-refractivity contribution in [1.82, 2.24) is 5.32 Å². The van der Waals surface area contributed by atoms with Gasteiger partial charge in [0.05, 0.1) is 15.2 Å². The van der Waals surface area contributed by atoms with Gasteiger partial charge in [-0.1, -0.05) is 23.7 Å². The van der Waals surface area contributed by atoms with E-state index in [2.05, 4.69) is 26.6 Å². The molecule has 2 N–H and O–H groups in total. The van der Waals surface area contributed by atoms with Crippen LogP contribution in [0, 0.1) is 12.7 Å². The molecule has 0 bridgehead atoms. The summed E-state index contributed by atoms with van der Waals surface area (Å²) in [6, 6.07) is 10.5. The standard InChI is InChI=1S/C15H13BrClFN2S/c1-9-2-5-14(12(17)6-9)20-15(21)19-8-10-3-4-13(18)11(16)7-10/h2-7H,8H2,1H3,(H2,19,20,21). The van der Waals surface area contributed by atoms with Crippen LogP contribution in [0.25, 0.3) is 0 Å². The van der Waals surface area contributed by atoms with E-state index < -0.39 is 0 Å². The minimum absolute atomic E-state index is 0.286. The van der Waals surface area contributed by atoms with Crippen molar-refractivity contribution in [3.8, 4) is 0 Å². The average Bonchev–Trinajstić information content (AvgIpc) is 2.43. The monoisotopic (exact) mass is 386 g/mol. The Morgan fingerprint density at radius 1 is 1.29 bits per heavy atom. The molecule has 2 aromatic carbocycles. The molecule has 21 heavy (non-hydrogen) atoms. The van der Waals surface area contributed by atoms with Crippen LogP contribution in [0.4, 0.5) is 10.1 Å². The molecule has 0 atom stereocenters. The van der Waals surface area contributed by atoms with Gasteiger partial charge in [0, 0.05) is 6.54 Å². The molecule has 110 valence electrons. The Hall–Kier alpha value is -1.17. The molecular formula is C15H13BrClFN2S. The highest BCUT2D eigenvalue weighted by molar-refractivity contribution is 9.10. The first-order valence-corrected chi connectivity index (χ1v) is 7.78. The molecule has 2 nitrogen and oxygen atoms in total. The van der Waals surface area contributed by atoms with Crippen molar-refractivity contribution in [2.45, 2.75) is 13.5 Å². The van der Waals surface area contributed by atoms with Crippen molar-refractivity contribution < 1.29 is 4.39 Å². The lowest BCUT2D eigenvalue weighted by Crippen LogP contribution is -2.28. The van der Waals surface area contributed by atoms with Crippen LogP contribution in [0.15, 0.2) is 40.9 Å². The van der Waals surface area contributed by atoms with Gasteiger partial charge in [-0.15, -0.1) is 0 Å². The van der Waals surface area contributed by atoms with Gasteiger partial charge < -0.3 is 10.6 Å². The van der Waals surface area contributed by atoms with Crippen LogP contribution in [0.5, 0.6) is 0 Å². The van der Waals surface area contributed by atoms with Crippen LogP contribution < -0.4 is 10.6 Å². The van der Waals surface area contributed by atoms with E-state index in [1.54, 1.807) is 12.1 Å². The van der Waals surface area contributed by atoms with Gasteiger partial charge in [0.2, 0.25) is 0 Å². The number of anilines is 1. The zero-order valence-electron chi connectivity index (χ0n) is 11.2. The van der Waals surface area contributed by atoms with E-state index in [1.165, 1.54) is 6.07 Å². The van der Waals surface area contributed by atoms with E-state index in [1.807, 2.05) is 25.1 Å². The average molecular weight is 388 g/mol. The third kappa shape index (κ3) is 4.66. The molecule has 0 amide bonds. The van der Waals surface area contributed by atoms with Crippen LogP contribution in [-0.4, -0.2) is 5.11 Å². The summed E-state index contributed by atoms with van der Waals surface area (Å²) < 4.78 is 13.6. The van der Waals surface area contributed by atoms with Crippen LogP contribution in [0.1, 0.15) is 11.1 Å². The molecule has 0 aliphatic carbocycles. The van der Waals surface area contributed by atoms with Crippen molar-refractivity contribution >= 4 is 50.5 Å². The normalized spacial score (nSPS) is 10.3. The molecule has 0 aliphatic heterocycles. The second-order valence-electron chi connectivity index (χ2n) is 4.54. The van der Waals surface area contributed by atoms with Gasteiger partial charge in [0.25, 0.3) is 0 Å². The molecule has 6 heteroatoms.